The van der Waals surface area contributed by atoms with Crippen LogP contribution in [0.4, 0.5) is 0 Å². The van der Waals surface area contributed by atoms with Crippen LogP contribution in [-0.2, 0) is 0 Å². The Bertz CT molecular complexity index is 421. The largest absolute Gasteiger partial charge is 0.310 e. The minimum absolute atomic E-state index is 0.532. The summed E-state index contributed by atoms with van der Waals surface area (Å²) < 4.78 is 1.21. The van der Waals surface area contributed by atoms with Gasteiger partial charge >= 0.3 is 0 Å². The molecule has 0 spiro atoms. The summed E-state index contributed by atoms with van der Waals surface area (Å²) in [5.74, 6) is 1.78. The molecule has 1 N–H and O–H groups in total. The Kier molecular flexibility index (Phi) is 6.10. The van der Waals surface area contributed by atoms with Crippen LogP contribution in [0.5, 0.6) is 0 Å². The van der Waals surface area contributed by atoms with Gasteiger partial charge in [-0.3, -0.25) is 0 Å². The summed E-state index contributed by atoms with van der Waals surface area (Å²) in [5, 5.41) is 3.73. The Morgan fingerprint density at radius 2 is 1.90 bits per heavy atom. The first kappa shape index (κ1) is 16.0. The number of aryl methyl sites for hydroxylation is 1. The fourth-order valence-corrected chi connectivity index (χ4v) is 3.81. The number of nitrogens with one attached hydrogen (secondary N) is 1. The lowest BCUT2D eigenvalue weighted by Gasteiger charge is -2.34. The highest BCUT2D eigenvalue weighted by atomic mass is 79.9. The van der Waals surface area contributed by atoms with Crippen LogP contribution in [0, 0.1) is 18.8 Å². The molecule has 1 aliphatic carbocycles. The highest BCUT2D eigenvalue weighted by Crippen LogP contribution is 2.38. The molecule has 1 saturated carbocycles. The first-order valence-electron chi connectivity index (χ1n) is 8.15. The van der Waals surface area contributed by atoms with Crippen molar-refractivity contribution in [3.05, 3.63) is 33.8 Å². The van der Waals surface area contributed by atoms with Crippen molar-refractivity contribution >= 4 is 15.9 Å². The fourth-order valence-electron chi connectivity index (χ4n) is 3.57. The molecule has 0 bridgehead atoms. The third-order valence-electron chi connectivity index (χ3n) is 4.91. The molecule has 1 unspecified atom stereocenters. The van der Waals surface area contributed by atoms with Crippen molar-refractivity contribution in [1.29, 1.82) is 0 Å². The zero-order valence-electron chi connectivity index (χ0n) is 13.1. The number of halogens is 1. The van der Waals surface area contributed by atoms with Crippen LogP contribution < -0.4 is 5.32 Å². The van der Waals surface area contributed by atoms with Crippen LogP contribution >= 0.6 is 15.9 Å². The Morgan fingerprint density at radius 3 is 2.45 bits per heavy atom. The standard InChI is InChI=1S/C18H28BrN/c1-4-14-6-8-15(9-7-14)18(20-5-2)16-10-11-17(19)13(3)12-16/h10-12,14-15,18,20H,4-9H2,1-3H3. The third kappa shape index (κ3) is 3.85. The van der Waals surface area contributed by atoms with Gasteiger partial charge in [0.2, 0.25) is 0 Å². The van der Waals surface area contributed by atoms with E-state index in [0.717, 1.165) is 18.4 Å². The summed E-state index contributed by atoms with van der Waals surface area (Å²) in [4.78, 5) is 0. The Balaban J connectivity index is 2.12. The lowest BCUT2D eigenvalue weighted by atomic mass is 9.76. The molecule has 0 amide bonds. The average Bonchev–Trinajstić information content (AvgIpc) is 2.48. The Morgan fingerprint density at radius 1 is 1.20 bits per heavy atom. The number of hydrogen-bond donors (Lipinski definition) is 1. The molecule has 1 fully saturated rings. The fraction of sp³-hybridized carbons (Fsp3) is 0.667. The molecule has 1 aromatic carbocycles. The van der Waals surface area contributed by atoms with E-state index in [4.69, 9.17) is 0 Å². The van der Waals surface area contributed by atoms with Crippen LogP contribution in [-0.4, -0.2) is 6.54 Å². The van der Waals surface area contributed by atoms with Crippen LogP contribution in [0.1, 0.15) is 63.1 Å². The molecular formula is C18H28BrN. The van der Waals surface area contributed by atoms with Gasteiger partial charge in [0, 0.05) is 10.5 Å². The maximum absolute atomic E-state index is 3.73. The molecule has 0 aliphatic heterocycles. The van der Waals surface area contributed by atoms with Crippen LogP contribution in [0.3, 0.4) is 0 Å². The van der Waals surface area contributed by atoms with Crippen molar-refractivity contribution in [3.63, 3.8) is 0 Å². The van der Waals surface area contributed by atoms with Crippen molar-refractivity contribution in [2.75, 3.05) is 6.54 Å². The molecule has 1 atom stereocenters. The molecule has 1 aliphatic rings. The minimum atomic E-state index is 0.532. The summed E-state index contributed by atoms with van der Waals surface area (Å²) in [6, 6.07) is 7.37. The molecule has 2 heteroatoms. The third-order valence-corrected chi connectivity index (χ3v) is 5.80. The lowest BCUT2D eigenvalue weighted by Crippen LogP contribution is -2.31. The van der Waals surface area contributed by atoms with Crippen LogP contribution in [0.25, 0.3) is 0 Å². The topological polar surface area (TPSA) is 12.0 Å². The van der Waals surface area contributed by atoms with E-state index in [-0.39, 0.29) is 0 Å². The van der Waals surface area contributed by atoms with Gasteiger partial charge in [-0.25, -0.2) is 0 Å². The monoisotopic (exact) mass is 337 g/mol. The van der Waals surface area contributed by atoms with Crippen molar-refractivity contribution in [2.24, 2.45) is 11.8 Å². The normalized spacial score (nSPS) is 24.6. The molecule has 2 rings (SSSR count). The first-order valence-corrected chi connectivity index (χ1v) is 8.94. The molecule has 0 radical (unpaired) electrons. The molecule has 1 nitrogen and oxygen atoms in total. The van der Waals surface area contributed by atoms with Gasteiger partial charge < -0.3 is 5.32 Å². The SMILES string of the molecule is CCNC(c1ccc(Br)c(C)c1)C1CCC(CC)CC1. The minimum Gasteiger partial charge on any atom is -0.310 e. The van der Waals surface area contributed by atoms with Gasteiger partial charge in [-0.15, -0.1) is 0 Å². The van der Waals surface area contributed by atoms with E-state index in [9.17, 15) is 0 Å². The predicted molar refractivity (Wildman–Crippen MR) is 91.0 cm³/mol. The number of rotatable bonds is 5. The van der Waals surface area contributed by atoms with E-state index in [1.54, 1.807) is 0 Å². The van der Waals surface area contributed by atoms with E-state index in [1.807, 2.05) is 0 Å². The maximum Gasteiger partial charge on any atom is 0.0348 e. The van der Waals surface area contributed by atoms with Gasteiger partial charge in [-0.05, 0) is 55.3 Å². The zero-order chi connectivity index (χ0) is 14.5. The van der Waals surface area contributed by atoms with Crippen molar-refractivity contribution < 1.29 is 0 Å². The molecule has 20 heavy (non-hydrogen) atoms. The summed E-state index contributed by atoms with van der Waals surface area (Å²) >= 11 is 3.61. The first-order chi connectivity index (χ1) is 9.65. The predicted octanol–water partition coefficient (Wildman–Crippen LogP) is 5.62. The molecule has 0 heterocycles. The summed E-state index contributed by atoms with van der Waals surface area (Å²) in [6.45, 7) is 7.79. The average molecular weight is 338 g/mol. The second-order valence-electron chi connectivity index (χ2n) is 6.23. The molecule has 0 aromatic heterocycles. The van der Waals surface area contributed by atoms with Gasteiger partial charge in [0.1, 0.15) is 0 Å². The molecule has 112 valence electrons. The van der Waals surface area contributed by atoms with Gasteiger partial charge in [-0.2, -0.15) is 0 Å². The quantitative estimate of drug-likeness (QED) is 0.734. The number of benzene rings is 1. The number of hydrogen-bond acceptors (Lipinski definition) is 1. The van der Waals surface area contributed by atoms with Gasteiger partial charge in [-0.1, -0.05) is 61.2 Å². The lowest BCUT2D eigenvalue weighted by molar-refractivity contribution is 0.220. The summed E-state index contributed by atoms with van der Waals surface area (Å²) in [6.07, 6.45) is 6.95. The summed E-state index contributed by atoms with van der Waals surface area (Å²) in [5.41, 5.74) is 2.81. The molecule has 1 aromatic rings. The van der Waals surface area contributed by atoms with Gasteiger partial charge in [0.05, 0.1) is 0 Å². The second-order valence-corrected chi connectivity index (χ2v) is 7.09. The molecule has 0 saturated heterocycles. The van der Waals surface area contributed by atoms with Gasteiger partial charge in [0.15, 0.2) is 0 Å². The summed E-state index contributed by atoms with van der Waals surface area (Å²) in [7, 11) is 0. The van der Waals surface area contributed by atoms with Crippen LogP contribution in [0.15, 0.2) is 22.7 Å². The highest BCUT2D eigenvalue weighted by Gasteiger charge is 2.27. The Hall–Kier alpha value is -0.340. The van der Waals surface area contributed by atoms with Gasteiger partial charge in [0.25, 0.3) is 0 Å². The van der Waals surface area contributed by atoms with E-state index in [0.29, 0.717) is 6.04 Å². The van der Waals surface area contributed by atoms with Crippen molar-refractivity contribution in [1.82, 2.24) is 5.32 Å². The zero-order valence-corrected chi connectivity index (χ0v) is 14.7. The van der Waals surface area contributed by atoms with Crippen molar-refractivity contribution in [3.8, 4) is 0 Å². The van der Waals surface area contributed by atoms with Crippen molar-refractivity contribution in [2.45, 2.75) is 58.9 Å². The van der Waals surface area contributed by atoms with Crippen LogP contribution in [0.2, 0.25) is 0 Å². The smallest absolute Gasteiger partial charge is 0.0348 e. The molecular weight excluding hydrogens is 310 g/mol. The second kappa shape index (κ2) is 7.61. The van der Waals surface area contributed by atoms with E-state index in [2.05, 4.69) is 60.2 Å². The highest BCUT2D eigenvalue weighted by molar-refractivity contribution is 9.10. The van der Waals surface area contributed by atoms with E-state index < -0.39 is 0 Å². The van der Waals surface area contributed by atoms with E-state index in [1.165, 1.54) is 47.7 Å². The Labute approximate surface area is 132 Å². The maximum atomic E-state index is 3.73. The van der Waals surface area contributed by atoms with E-state index >= 15 is 0 Å².